The van der Waals surface area contributed by atoms with Gasteiger partial charge in [0.25, 0.3) is 0 Å². The number of aromatic amines is 1. The van der Waals surface area contributed by atoms with Crippen molar-refractivity contribution < 1.29 is 9.84 Å². The van der Waals surface area contributed by atoms with Gasteiger partial charge < -0.3 is 14.8 Å². The van der Waals surface area contributed by atoms with E-state index < -0.39 is 0 Å². The van der Waals surface area contributed by atoms with Crippen LogP contribution in [0.1, 0.15) is 19.7 Å². The Morgan fingerprint density at radius 2 is 2.19 bits per heavy atom. The van der Waals surface area contributed by atoms with Crippen LogP contribution in [0.2, 0.25) is 0 Å². The number of nitrogens with one attached hydrogen (secondary N) is 1. The molecule has 4 nitrogen and oxygen atoms in total. The summed E-state index contributed by atoms with van der Waals surface area (Å²) in [5.74, 6) is 1.59. The van der Waals surface area contributed by atoms with E-state index in [-0.39, 0.29) is 12.0 Å². The lowest BCUT2D eigenvalue weighted by molar-refractivity contribution is 0.213. The summed E-state index contributed by atoms with van der Waals surface area (Å²) in [5.41, 5.74) is 1.46. The Balaban J connectivity index is 2.52. The second-order valence-electron chi connectivity index (χ2n) is 4.51. The summed E-state index contributed by atoms with van der Waals surface area (Å²) < 4.78 is 5.15. The second kappa shape index (κ2) is 3.79. The average molecular weight is 220 g/mol. The molecule has 0 bridgehead atoms. The number of benzene rings is 1. The SMILES string of the molecule is COc1ccc2nc(C(C)(C)CO)[nH]c2c1. The molecular weight excluding hydrogens is 204 g/mol. The monoisotopic (exact) mass is 220 g/mol. The molecule has 1 aromatic carbocycles. The largest absolute Gasteiger partial charge is 0.497 e. The van der Waals surface area contributed by atoms with Gasteiger partial charge in [0.05, 0.1) is 24.8 Å². The molecular formula is C12H16N2O2. The van der Waals surface area contributed by atoms with Gasteiger partial charge in [0, 0.05) is 11.5 Å². The first-order chi connectivity index (χ1) is 7.56. The van der Waals surface area contributed by atoms with E-state index in [0.29, 0.717) is 0 Å². The fraction of sp³-hybridized carbons (Fsp3) is 0.417. The molecule has 0 aliphatic rings. The van der Waals surface area contributed by atoms with Crippen molar-refractivity contribution in [3.8, 4) is 5.75 Å². The number of methoxy groups -OCH3 is 1. The Kier molecular flexibility index (Phi) is 2.59. The number of hydrogen-bond donors (Lipinski definition) is 2. The van der Waals surface area contributed by atoms with Gasteiger partial charge in [-0.2, -0.15) is 0 Å². The highest BCUT2D eigenvalue weighted by molar-refractivity contribution is 5.77. The van der Waals surface area contributed by atoms with Gasteiger partial charge in [-0.3, -0.25) is 0 Å². The van der Waals surface area contributed by atoms with Crippen LogP contribution in [0.5, 0.6) is 5.75 Å². The molecule has 0 amide bonds. The molecule has 0 saturated heterocycles. The van der Waals surface area contributed by atoms with Crippen molar-refractivity contribution in [3.05, 3.63) is 24.0 Å². The smallest absolute Gasteiger partial charge is 0.121 e. The third-order valence-corrected chi connectivity index (χ3v) is 2.73. The van der Waals surface area contributed by atoms with E-state index in [9.17, 15) is 5.11 Å². The Bertz CT molecular complexity index is 503. The number of aromatic nitrogens is 2. The van der Waals surface area contributed by atoms with E-state index >= 15 is 0 Å². The molecule has 4 heteroatoms. The lowest BCUT2D eigenvalue weighted by Crippen LogP contribution is -2.23. The minimum Gasteiger partial charge on any atom is -0.497 e. The molecule has 1 aromatic heterocycles. The van der Waals surface area contributed by atoms with Crippen LogP contribution < -0.4 is 4.74 Å². The van der Waals surface area contributed by atoms with Crippen LogP contribution in [0.3, 0.4) is 0 Å². The minimum absolute atomic E-state index is 0.0595. The molecule has 86 valence electrons. The third-order valence-electron chi connectivity index (χ3n) is 2.73. The van der Waals surface area contributed by atoms with Crippen LogP contribution in [0.15, 0.2) is 18.2 Å². The average Bonchev–Trinajstić information content (AvgIpc) is 2.72. The lowest BCUT2D eigenvalue weighted by atomic mass is 9.94. The molecule has 0 aliphatic carbocycles. The molecule has 2 rings (SSSR count). The van der Waals surface area contributed by atoms with Crippen molar-refractivity contribution in [2.45, 2.75) is 19.3 Å². The van der Waals surface area contributed by atoms with Crippen LogP contribution in [0.25, 0.3) is 11.0 Å². The van der Waals surface area contributed by atoms with Crippen molar-refractivity contribution in [1.82, 2.24) is 9.97 Å². The Hall–Kier alpha value is -1.55. The maximum atomic E-state index is 9.29. The van der Waals surface area contributed by atoms with E-state index in [0.717, 1.165) is 22.6 Å². The zero-order chi connectivity index (χ0) is 11.8. The first-order valence-corrected chi connectivity index (χ1v) is 5.22. The predicted molar refractivity (Wildman–Crippen MR) is 62.8 cm³/mol. The molecule has 0 radical (unpaired) electrons. The van der Waals surface area contributed by atoms with Crippen molar-refractivity contribution in [2.24, 2.45) is 0 Å². The number of hydrogen-bond acceptors (Lipinski definition) is 3. The molecule has 0 fully saturated rings. The Labute approximate surface area is 94.3 Å². The van der Waals surface area contributed by atoms with E-state index in [1.54, 1.807) is 7.11 Å². The normalized spacial score (nSPS) is 12.0. The zero-order valence-corrected chi connectivity index (χ0v) is 9.74. The summed E-state index contributed by atoms with van der Waals surface area (Å²) in [6.45, 7) is 3.95. The summed E-state index contributed by atoms with van der Waals surface area (Å²) >= 11 is 0. The third kappa shape index (κ3) is 1.76. The number of rotatable bonds is 3. The van der Waals surface area contributed by atoms with E-state index in [1.165, 1.54) is 0 Å². The number of H-pyrrole nitrogens is 1. The van der Waals surface area contributed by atoms with E-state index in [4.69, 9.17) is 4.74 Å². The quantitative estimate of drug-likeness (QED) is 0.829. The fourth-order valence-corrected chi connectivity index (χ4v) is 1.51. The number of aliphatic hydroxyl groups excluding tert-OH is 1. The van der Waals surface area contributed by atoms with Gasteiger partial charge in [0.2, 0.25) is 0 Å². The van der Waals surface area contributed by atoms with Gasteiger partial charge >= 0.3 is 0 Å². The number of fused-ring (bicyclic) bond motifs is 1. The maximum Gasteiger partial charge on any atom is 0.121 e. The standard InChI is InChI=1S/C12H16N2O2/c1-12(2,7-15)11-13-9-5-4-8(16-3)6-10(9)14-11/h4-6,15H,7H2,1-3H3,(H,13,14). The summed E-state index contributed by atoms with van der Waals surface area (Å²) in [6, 6.07) is 5.68. The zero-order valence-electron chi connectivity index (χ0n) is 9.74. The molecule has 0 atom stereocenters. The highest BCUT2D eigenvalue weighted by Gasteiger charge is 2.23. The predicted octanol–water partition coefficient (Wildman–Crippen LogP) is 1.84. The molecule has 0 saturated carbocycles. The van der Waals surface area contributed by atoms with Crippen molar-refractivity contribution in [3.63, 3.8) is 0 Å². The van der Waals surface area contributed by atoms with Gasteiger partial charge in [-0.25, -0.2) is 4.98 Å². The first kappa shape index (κ1) is 11.0. The van der Waals surface area contributed by atoms with E-state index in [1.807, 2.05) is 32.0 Å². The van der Waals surface area contributed by atoms with Gasteiger partial charge in [-0.15, -0.1) is 0 Å². The van der Waals surface area contributed by atoms with Gasteiger partial charge in [-0.05, 0) is 12.1 Å². The summed E-state index contributed by atoms with van der Waals surface area (Å²) in [6.07, 6.45) is 0. The Morgan fingerprint density at radius 3 is 2.81 bits per heavy atom. The fourth-order valence-electron chi connectivity index (χ4n) is 1.51. The lowest BCUT2D eigenvalue weighted by Gasteiger charge is -2.17. The van der Waals surface area contributed by atoms with Gasteiger partial charge in [0.15, 0.2) is 0 Å². The molecule has 16 heavy (non-hydrogen) atoms. The molecule has 2 aromatic rings. The molecule has 1 heterocycles. The first-order valence-electron chi connectivity index (χ1n) is 5.22. The number of ether oxygens (including phenoxy) is 1. The van der Waals surface area contributed by atoms with Gasteiger partial charge in [0.1, 0.15) is 11.6 Å². The molecule has 0 unspecified atom stereocenters. The summed E-state index contributed by atoms with van der Waals surface area (Å²) in [4.78, 5) is 7.67. The highest BCUT2D eigenvalue weighted by Crippen LogP contribution is 2.24. The van der Waals surface area contributed by atoms with Gasteiger partial charge in [-0.1, -0.05) is 13.8 Å². The van der Waals surface area contributed by atoms with Crippen molar-refractivity contribution in [2.75, 3.05) is 13.7 Å². The Morgan fingerprint density at radius 1 is 1.44 bits per heavy atom. The van der Waals surface area contributed by atoms with Crippen LogP contribution in [-0.2, 0) is 5.41 Å². The number of aliphatic hydroxyl groups is 1. The summed E-state index contributed by atoms with van der Waals surface area (Å²) in [7, 11) is 1.64. The number of nitrogens with zero attached hydrogens (tertiary/aromatic N) is 1. The van der Waals surface area contributed by atoms with E-state index in [2.05, 4.69) is 9.97 Å². The van der Waals surface area contributed by atoms with Crippen LogP contribution in [0.4, 0.5) is 0 Å². The second-order valence-corrected chi connectivity index (χ2v) is 4.51. The highest BCUT2D eigenvalue weighted by atomic mass is 16.5. The minimum atomic E-state index is -0.355. The molecule has 0 aliphatic heterocycles. The van der Waals surface area contributed by atoms with Crippen LogP contribution in [0, 0.1) is 0 Å². The molecule has 2 N–H and O–H groups in total. The van der Waals surface area contributed by atoms with Crippen molar-refractivity contribution in [1.29, 1.82) is 0 Å². The topological polar surface area (TPSA) is 58.1 Å². The molecule has 0 spiro atoms. The number of imidazole rings is 1. The van der Waals surface area contributed by atoms with Crippen LogP contribution in [-0.4, -0.2) is 28.8 Å². The maximum absolute atomic E-state index is 9.29. The summed E-state index contributed by atoms with van der Waals surface area (Å²) in [5, 5.41) is 9.29. The van der Waals surface area contributed by atoms with Crippen molar-refractivity contribution >= 4 is 11.0 Å². The van der Waals surface area contributed by atoms with Crippen LogP contribution >= 0.6 is 0 Å².